The van der Waals surface area contributed by atoms with E-state index < -0.39 is 0 Å². The topological polar surface area (TPSA) is 67.6 Å². The van der Waals surface area contributed by atoms with E-state index in [0.29, 0.717) is 12.1 Å². The zero-order chi connectivity index (χ0) is 12.8. The Morgan fingerprint density at radius 2 is 2.06 bits per heavy atom. The molecule has 0 radical (unpaired) electrons. The van der Waals surface area contributed by atoms with Crippen LogP contribution in [0.25, 0.3) is 0 Å². The molecule has 0 aromatic carbocycles. The molecule has 2 rings (SSSR count). The average molecular weight is 243 g/mol. The van der Waals surface area contributed by atoms with Gasteiger partial charge in [-0.15, -0.1) is 0 Å². The molecule has 0 aromatic rings. The molecule has 100 valence electrons. The Kier molecular flexibility index (Phi) is 5.88. The zero-order valence-corrected chi connectivity index (χ0v) is 11.1. The maximum atomic E-state index is 11.0. The van der Waals surface area contributed by atoms with Crippen molar-refractivity contribution in [2.75, 3.05) is 26.8 Å². The summed E-state index contributed by atoms with van der Waals surface area (Å²) < 4.78 is 5.14. The van der Waals surface area contributed by atoms with Crippen LogP contribution in [0.4, 0.5) is 0 Å². The normalized spacial score (nSPS) is 28.5. The first-order valence-electron chi connectivity index (χ1n) is 6.50. The maximum Gasteiger partial charge on any atom is 0.234 e. The lowest BCUT2D eigenvalue weighted by Gasteiger charge is -2.36. The summed E-state index contributed by atoms with van der Waals surface area (Å²) in [6.45, 7) is 6.64. The third kappa shape index (κ3) is 3.94. The first-order chi connectivity index (χ1) is 8.16. The summed E-state index contributed by atoms with van der Waals surface area (Å²) in [6, 6.07) is 0.827. The minimum Gasteiger partial charge on any atom is -0.378 e. The van der Waals surface area contributed by atoms with Crippen molar-refractivity contribution < 1.29 is 9.53 Å². The van der Waals surface area contributed by atoms with Gasteiger partial charge in [0.2, 0.25) is 5.91 Å². The van der Waals surface area contributed by atoms with Crippen molar-refractivity contribution in [3.63, 3.8) is 0 Å². The highest BCUT2D eigenvalue weighted by Gasteiger charge is 2.30. The molecule has 0 spiro atoms. The molecule has 2 unspecified atom stereocenters. The number of likely N-dealkylation sites (N-methyl/N-ethyl adjacent to an activating group) is 1. The number of hydrogen-bond acceptors (Lipinski definition) is 4. The molecule has 0 aromatic heterocycles. The Hall–Kier alpha value is -0.650. The summed E-state index contributed by atoms with van der Waals surface area (Å²) in [7, 11) is 2.10. The second-order valence-corrected chi connectivity index (χ2v) is 4.53. The lowest BCUT2D eigenvalue weighted by Crippen LogP contribution is -2.51. The SMILES string of the molecule is CC.CN(CC1CCC(C(N)=O)N1)C1COC1. The first-order valence-corrected chi connectivity index (χ1v) is 6.50. The van der Waals surface area contributed by atoms with Crippen molar-refractivity contribution in [1.82, 2.24) is 10.2 Å². The Bertz CT molecular complexity index is 244. The van der Waals surface area contributed by atoms with Crippen LogP contribution in [-0.2, 0) is 9.53 Å². The van der Waals surface area contributed by atoms with Gasteiger partial charge in [0, 0.05) is 12.6 Å². The van der Waals surface area contributed by atoms with Crippen LogP contribution in [0.2, 0.25) is 0 Å². The van der Waals surface area contributed by atoms with E-state index in [1.165, 1.54) is 0 Å². The molecule has 2 aliphatic rings. The van der Waals surface area contributed by atoms with Gasteiger partial charge < -0.3 is 15.8 Å². The largest absolute Gasteiger partial charge is 0.378 e. The Balaban J connectivity index is 0.000000686. The average Bonchev–Trinajstić information content (AvgIpc) is 2.66. The first kappa shape index (κ1) is 14.4. The van der Waals surface area contributed by atoms with E-state index >= 15 is 0 Å². The van der Waals surface area contributed by atoms with Crippen LogP contribution in [0.1, 0.15) is 26.7 Å². The van der Waals surface area contributed by atoms with Crippen LogP contribution in [-0.4, -0.2) is 55.7 Å². The number of ether oxygens (including phenoxy) is 1. The molecule has 1 amide bonds. The predicted octanol–water partition coefficient (Wildman–Crippen LogP) is -0.0509. The molecule has 0 bridgehead atoms. The van der Waals surface area contributed by atoms with Gasteiger partial charge in [-0.3, -0.25) is 9.69 Å². The van der Waals surface area contributed by atoms with E-state index in [2.05, 4.69) is 17.3 Å². The number of nitrogens with zero attached hydrogens (tertiary/aromatic N) is 1. The number of amides is 1. The van der Waals surface area contributed by atoms with Gasteiger partial charge in [-0.1, -0.05) is 13.8 Å². The third-order valence-electron chi connectivity index (χ3n) is 3.34. The second-order valence-electron chi connectivity index (χ2n) is 4.53. The molecule has 2 atom stereocenters. The quantitative estimate of drug-likeness (QED) is 0.726. The smallest absolute Gasteiger partial charge is 0.234 e. The van der Waals surface area contributed by atoms with Crippen LogP contribution in [0.15, 0.2) is 0 Å². The van der Waals surface area contributed by atoms with Crippen LogP contribution in [0.5, 0.6) is 0 Å². The molecule has 5 heteroatoms. The number of carbonyl (C=O) groups is 1. The highest BCUT2D eigenvalue weighted by Crippen LogP contribution is 2.15. The Morgan fingerprint density at radius 1 is 1.41 bits per heavy atom. The molecular weight excluding hydrogens is 218 g/mol. The van der Waals surface area contributed by atoms with Gasteiger partial charge in [-0.25, -0.2) is 0 Å². The van der Waals surface area contributed by atoms with E-state index in [0.717, 1.165) is 32.6 Å². The van der Waals surface area contributed by atoms with E-state index in [1.54, 1.807) is 0 Å². The van der Waals surface area contributed by atoms with Gasteiger partial charge in [-0.05, 0) is 19.9 Å². The van der Waals surface area contributed by atoms with Crippen molar-refractivity contribution in [2.24, 2.45) is 5.73 Å². The molecule has 5 nitrogen and oxygen atoms in total. The van der Waals surface area contributed by atoms with Crippen molar-refractivity contribution in [3.05, 3.63) is 0 Å². The van der Waals surface area contributed by atoms with E-state index in [-0.39, 0.29) is 11.9 Å². The molecule has 2 heterocycles. The molecule has 0 aliphatic carbocycles. The Morgan fingerprint density at radius 3 is 2.47 bits per heavy atom. The van der Waals surface area contributed by atoms with Crippen LogP contribution >= 0.6 is 0 Å². The highest BCUT2D eigenvalue weighted by atomic mass is 16.5. The summed E-state index contributed by atoms with van der Waals surface area (Å²) >= 11 is 0. The number of carbonyl (C=O) groups excluding carboxylic acids is 1. The van der Waals surface area contributed by atoms with Crippen LogP contribution < -0.4 is 11.1 Å². The molecular formula is C12H25N3O2. The predicted molar refractivity (Wildman–Crippen MR) is 67.7 cm³/mol. The van der Waals surface area contributed by atoms with Crippen molar-refractivity contribution in [2.45, 2.75) is 44.8 Å². The van der Waals surface area contributed by atoms with Gasteiger partial charge in [0.1, 0.15) is 0 Å². The standard InChI is InChI=1S/C10H19N3O2.C2H6/c1-13(8-5-15-6-8)4-7-2-3-9(12-7)10(11)14;1-2/h7-9,12H,2-6H2,1H3,(H2,11,14);1-2H3. The van der Waals surface area contributed by atoms with Gasteiger partial charge >= 0.3 is 0 Å². The van der Waals surface area contributed by atoms with E-state index in [4.69, 9.17) is 10.5 Å². The molecule has 0 saturated carbocycles. The summed E-state index contributed by atoms with van der Waals surface area (Å²) in [5, 5.41) is 3.27. The van der Waals surface area contributed by atoms with Gasteiger partial charge in [0.05, 0.1) is 25.3 Å². The summed E-state index contributed by atoms with van der Waals surface area (Å²) in [6.07, 6.45) is 1.90. The lowest BCUT2D eigenvalue weighted by atomic mass is 10.1. The monoisotopic (exact) mass is 243 g/mol. The summed E-state index contributed by atoms with van der Waals surface area (Å²) in [5.41, 5.74) is 5.25. The number of hydrogen-bond donors (Lipinski definition) is 2. The fourth-order valence-electron chi connectivity index (χ4n) is 2.16. The van der Waals surface area contributed by atoms with Gasteiger partial charge in [-0.2, -0.15) is 0 Å². The van der Waals surface area contributed by atoms with Gasteiger partial charge in [0.15, 0.2) is 0 Å². The van der Waals surface area contributed by atoms with Crippen LogP contribution in [0, 0.1) is 0 Å². The fraction of sp³-hybridized carbons (Fsp3) is 0.917. The van der Waals surface area contributed by atoms with Crippen molar-refractivity contribution in [3.8, 4) is 0 Å². The summed E-state index contributed by atoms with van der Waals surface area (Å²) in [4.78, 5) is 13.3. The Labute approximate surface area is 104 Å². The second kappa shape index (κ2) is 6.93. The number of nitrogens with two attached hydrogens (primary N) is 1. The van der Waals surface area contributed by atoms with E-state index in [1.807, 2.05) is 13.8 Å². The molecule has 3 N–H and O–H groups in total. The molecule has 2 fully saturated rings. The summed E-state index contributed by atoms with van der Waals surface area (Å²) in [5.74, 6) is -0.230. The third-order valence-corrected chi connectivity index (χ3v) is 3.34. The molecule has 2 saturated heterocycles. The van der Waals surface area contributed by atoms with E-state index in [9.17, 15) is 4.79 Å². The number of primary amides is 1. The van der Waals surface area contributed by atoms with Crippen LogP contribution in [0.3, 0.4) is 0 Å². The number of rotatable bonds is 4. The fourth-order valence-corrected chi connectivity index (χ4v) is 2.16. The van der Waals surface area contributed by atoms with Crippen molar-refractivity contribution >= 4 is 5.91 Å². The maximum absolute atomic E-state index is 11.0. The minimum absolute atomic E-state index is 0.124. The highest BCUT2D eigenvalue weighted by molar-refractivity contribution is 5.80. The van der Waals surface area contributed by atoms with Gasteiger partial charge in [0.25, 0.3) is 0 Å². The minimum atomic E-state index is -0.230. The van der Waals surface area contributed by atoms with Crippen molar-refractivity contribution in [1.29, 1.82) is 0 Å². The number of nitrogens with one attached hydrogen (secondary N) is 1. The molecule has 2 aliphatic heterocycles. The lowest BCUT2D eigenvalue weighted by molar-refractivity contribution is -0.119. The zero-order valence-electron chi connectivity index (χ0n) is 11.1. The molecule has 17 heavy (non-hydrogen) atoms.